The van der Waals surface area contributed by atoms with E-state index in [-0.39, 0.29) is 5.91 Å². The second-order valence-electron chi connectivity index (χ2n) is 6.45. The van der Waals surface area contributed by atoms with Gasteiger partial charge in [0.2, 0.25) is 0 Å². The van der Waals surface area contributed by atoms with Crippen LogP contribution in [0.5, 0.6) is 0 Å². The Bertz CT molecular complexity index is 1120. The van der Waals surface area contributed by atoms with Crippen LogP contribution in [0, 0.1) is 0 Å². The summed E-state index contributed by atoms with van der Waals surface area (Å²) in [5, 5.41) is 14.5. The summed E-state index contributed by atoms with van der Waals surface area (Å²) in [4.78, 5) is 19.4. The minimum Gasteiger partial charge on any atom is -0.372 e. The summed E-state index contributed by atoms with van der Waals surface area (Å²) in [7, 11) is 0. The molecular formula is C21H16N2O2S. The van der Waals surface area contributed by atoms with Crippen molar-refractivity contribution in [1.82, 2.24) is 4.98 Å². The number of thiophene rings is 1. The number of rotatable bonds is 3. The van der Waals surface area contributed by atoms with Gasteiger partial charge < -0.3 is 15.0 Å². The first kappa shape index (κ1) is 15.4. The molecule has 2 N–H and O–H groups in total. The largest absolute Gasteiger partial charge is 0.372 e. The van der Waals surface area contributed by atoms with Crippen molar-refractivity contribution in [3.63, 3.8) is 0 Å². The van der Waals surface area contributed by atoms with Gasteiger partial charge in [-0.1, -0.05) is 42.5 Å². The lowest BCUT2D eigenvalue weighted by atomic mass is 9.87. The van der Waals surface area contributed by atoms with Crippen LogP contribution >= 0.6 is 11.3 Å². The summed E-state index contributed by atoms with van der Waals surface area (Å²) < 4.78 is 0. The van der Waals surface area contributed by atoms with Gasteiger partial charge in [-0.25, -0.2) is 0 Å². The monoisotopic (exact) mass is 360 g/mol. The Morgan fingerprint density at radius 1 is 1.00 bits per heavy atom. The van der Waals surface area contributed by atoms with Gasteiger partial charge in [-0.05, 0) is 23.6 Å². The van der Waals surface area contributed by atoms with Crippen molar-refractivity contribution in [3.05, 3.63) is 88.2 Å². The third kappa shape index (κ3) is 2.01. The van der Waals surface area contributed by atoms with E-state index in [4.69, 9.17) is 0 Å². The summed E-state index contributed by atoms with van der Waals surface area (Å²) in [5.74, 6) is -0.308. The maximum Gasteiger partial charge on any atom is 0.268 e. The van der Waals surface area contributed by atoms with E-state index in [1.165, 1.54) is 0 Å². The maximum absolute atomic E-state index is 13.4. The molecule has 0 unspecified atom stereocenters. The highest BCUT2D eigenvalue weighted by Crippen LogP contribution is 2.46. The molecule has 4 nitrogen and oxygen atoms in total. The number of H-pyrrole nitrogens is 1. The zero-order valence-corrected chi connectivity index (χ0v) is 14.7. The normalized spacial score (nSPS) is 19.3. The van der Waals surface area contributed by atoms with Gasteiger partial charge in [-0.2, -0.15) is 0 Å². The topological polar surface area (TPSA) is 56.3 Å². The number of hydrogen-bond donors (Lipinski definition) is 2. The first-order valence-electron chi connectivity index (χ1n) is 8.42. The number of nitrogens with zero attached hydrogens (tertiary/aromatic N) is 1. The summed E-state index contributed by atoms with van der Waals surface area (Å²) in [6.07, 6.45) is 1.74. The molecule has 5 rings (SSSR count). The number of aliphatic hydroxyl groups is 1. The van der Waals surface area contributed by atoms with Crippen LogP contribution in [0.3, 0.4) is 0 Å². The van der Waals surface area contributed by atoms with Gasteiger partial charge in [0.1, 0.15) is 0 Å². The SMILES string of the molecule is O=C1N(Cc2cccs2)c2ccccc2[C@]1(O)c1c[nH]c2ccccc12. The molecule has 1 aliphatic rings. The molecule has 0 radical (unpaired) electrons. The number of anilines is 1. The molecule has 0 saturated carbocycles. The highest BCUT2D eigenvalue weighted by atomic mass is 32.1. The second kappa shape index (κ2) is 5.56. The van der Waals surface area contributed by atoms with Crippen LogP contribution in [-0.2, 0) is 16.9 Å². The van der Waals surface area contributed by atoms with Crippen molar-refractivity contribution < 1.29 is 9.90 Å². The Labute approximate surface area is 154 Å². The lowest BCUT2D eigenvalue weighted by Crippen LogP contribution is -2.40. The number of nitrogens with one attached hydrogen (secondary N) is 1. The lowest BCUT2D eigenvalue weighted by Gasteiger charge is -2.23. The zero-order chi connectivity index (χ0) is 17.7. The smallest absolute Gasteiger partial charge is 0.268 e. The average Bonchev–Trinajstić information content (AvgIpc) is 3.38. The Hall–Kier alpha value is -2.89. The summed E-state index contributed by atoms with van der Waals surface area (Å²) in [5.41, 5.74) is 1.20. The van der Waals surface area contributed by atoms with Crippen molar-refractivity contribution in [2.45, 2.75) is 12.1 Å². The molecule has 0 aliphatic carbocycles. The standard InChI is InChI=1S/C21H16N2O2S/c24-20-21(25,17-12-22-18-9-3-1-7-15(17)18)16-8-2-4-10-19(16)23(20)13-14-6-5-11-26-14/h1-12,22,25H,13H2/t21-/m0/s1. The van der Waals surface area contributed by atoms with Crippen LogP contribution in [0.25, 0.3) is 10.9 Å². The predicted molar refractivity (Wildman–Crippen MR) is 103 cm³/mol. The number of para-hydroxylation sites is 2. The van der Waals surface area contributed by atoms with Crippen molar-refractivity contribution in [1.29, 1.82) is 0 Å². The third-order valence-electron chi connectivity index (χ3n) is 5.01. The Morgan fingerprint density at radius 2 is 1.81 bits per heavy atom. The van der Waals surface area contributed by atoms with E-state index < -0.39 is 5.60 Å². The first-order chi connectivity index (χ1) is 12.7. The Morgan fingerprint density at radius 3 is 2.65 bits per heavy atom. The highest BCUT2D eigenvalue weighted by Gasteiger charge is 2.52. The van der Waals surface area contributed by atoms with E-state index in [1.54, 1.807) is 22.4 Å². The second-order valence-corrected chi connectivity index (χ2v) is 7.48. The molecule has 0 bridgehead atoms. The summed E-state index contributed by atoms with van der Waals surface area (Å²) in [6.45, 7) is 0.457. The molecule has 2 aromatic carbocycles. The zero-order valence-electron chi connectivity index (χ0n) is 13.8. The van der Waals surface area contributed by atoms with Crippen molar-refractivity contribution >= 4 is 33.8 Å². The van der Waals surface area contributed by atoms with Gasteiger partial charge in [0.05, 0.1) is 12.2 Å². The van der Waals surface area contributed by atoms with Crippen LogP contribution in [0.2, 0.25) is 0 Å². The molecule has 1 atom stereocenters. The van der Waals surface area contributed by atoms with Crippen LogP contribution in [0.1, 0.15) is 16.0 Å². The predicted octanol–water partition coefficient (Wildman–Crippen LogP) is 4.01. The van der Waals surface area contributed by atoms with Gasteiger partial charge in [0.25, 0.3) is 5.91 Å². The molecule has 0 spiro atoms. The minimum absolute atomic E-state index is 0.308. The molecule has 1 aliphatic heterocycles. The van der Waals surface area contributed by atoms with Crippen molar-refractivity contribution in [2.75, 3.05) is 4.90 Å². The summed E-state index contributed by atoms with van der Waals surface area (Å²) in [6, 6.07) is 19.2. The van der Waals surface area contributed by atoms with Crippen LogP contribution < -0.4 is 4.90 Å². The van der Waals surface area contributed by atoms with E-state index in [0.29, 0.717) is 17.7 Å². The summed E-state index contributed by atoms with van der Waals surface area (Å²) >= 11 is 1.60. The quantitative estimate of drug-likeness (QED) is 0.580. The molecule has 0 saturated heterocycles. The van der Waals surface area contributed by atoms with Crippen LogP contribution in [0.15, 0.2) is 72.2 Å². The lowest BCUT2D eigenvalue weighted by molar-refractivity contribution is -0.132. The molecule has 4 aromatic rings. The molecule has 5 heteroatoms. The number of carbonyl (C=O) groups excluding carboxylic acids is 1. The number of amides is 1. The van der Waals surface area contributed by atoms with E-state index in [2.05, 4.69) is 4.98 Å². The number of aromatic nitrogens is 1. The minimum atomic E-state index is -1.69. The van der Waals surface area contributed by atoms with E-state index >= 15 is 0 Å². The van der Waals surface area contributed by atoms with Crippen LogP contribution in [-0.4, -0.2) is 16.0 Å². The van der Waals surface area contributed by atoms with Gasteiger partial charge in [-0.3, -0.25) is 4.79 Å². The number of aromatic amines is 1. The van der Waals surface area contributed by atoms with E-state index in [0.717, 1.165) is 21.5 Å². The van der Waals surface area contributed by atoms with Crippen molar-refractivity contribution in [2.24, 2.45) is 0 Å². The molecule has 2 aromatic heterocycles. The molecule has 128 valence electrons. The average molecular weight is 360 g/mol. The molecule has 0 fully saturated rings. The van der Waals surface area contributed by atoms with E-state index in [9.17, 15) is 9.90 Å². The Balaban J connectivity index is 1.70. The third-order valence-corrected chi connectivity index (χ3v) is 5.87. The molecular weight excluding hydrogens is 344 g/mol. The number of hydrogen-bond acceptors (Lipinski definition) is 3. The number of fused-ring (bicyclic) bond motifs is 2. The Kier molecular flexibility index (Phi) is 3.29. The first-order valence-corrected chi connectivity index (χ1v) is 9.30. The van der Waals surface area contributed by atoms with Crippen molar-refractivity contribution in [3.8, 4) is 0 Å². The van der Waals surface area contributed by atoms with Gasteiger partial charge >= 0.3 is 0 Å². The fourth-order valence-corrected chi connectivity index (χ4v) is 4.47. The van der Waals surface area contributed by atoms with Crippen LogP contribution in [0.4, 0.5) is 5.69 Å². The van der Waals surface area contributed by atoms with Gasteiger partial charge in [0.15, 0.2) is 5.60 Å². The fraction of sp³-hybridized carbons (Fsp3) is 0.0952. The number of carbonyl (C=O) groups is 1. The van der Waals surface area contributed by atoms with Gasteiger partial charge in [-0.15, -0.1) is 11.3 Å². The molecule has 3 heterocycles. The highest BCUT2D eigenvalue weighted by molar-refractivity contribution is 7.09. The fourth-order valence-electron chi connectivity index (χ4n) is 3.78. The van der Waals surface area contributed by atoms with Gasteiger partial charge in [0, 0.05) is 33.1 Å². The maximum atomic E-state index is 13.4. The number of benzene rings is 2. The molecule has 1 amide bonds. The van der Waals surface area contributed by atoms with E-state index in [1.807, 2.05) is 66.0 Å². The molecule has 26 heavy (non-hydrogen) atoms.